The van der Waals surface area contributed by atoms with Crippen LogP contribution in [0.25, 0.3) is 11.1 Å². The molecule has 0 aliphatic heterocycles. The second kappa shape index (κ2) is 5.46. The predicted octanol–water partition coefficient (Wildman–Crippen LogP) is 4.69. The monoisotopic (exact) mass is 270 g/mol. The molecule has 0 amide bonds. The van der Waals surface area contributed by atoms with Gasteiger partial charge in [-0.05, 0) is 30.4 Å². The number of anilines is 1. The summed E-state index contributed by atoms with van der Waals surface area (Å²) in [5, 5.41) is 9.84. The number of benzene rings is 1. The van der Waals surface area contributed by atoms with Crippen LogP contribution in [-0.2, 0) is 0 Å². The van der Waals surface area contributed by atoms with Crippen LogP contribution in [0.15, 0.2) is 24.3 Å². The van der Waals surface area contributed by atoms with Gasteiger partial charge in [-0.25, -0.2) is 0 Å². The number of nitrogens with zero attached hydrogens (tertiary/aromatic N) is 1. The average molecular weight is 270 g/mol. The second-order valence-electron chi connectivity index (χ2n) is 4.82. The number of hydrogen-bond donors (Lipinski definition) is 1. The fraction of sp³-hybridized carbons (Fsp3) is 0.312. The normalized spacial score (nSPS) is 12.1. The van der Waals surface area contributed by atoms with Gasteiger partial charge in [0.2, 0.25) is 0 Å². The zero-order valence-corrected chi connectivity index (χ0v) is 12.3. The molecule has 0 saturated heterocycles. The van der Waals surface area contributed by atoms with Crippen molar-refractivity contribution in [1.82, 2.24) is 0 Å². The molecular formula is C16H18N2S. The number of hydrogen-bond acceptors (Lipinski definition) is 3. The van der Waals surface area contributed by atoms with Crippen molar-refractivity contribution < 1.29 is 0 Å². The van der Waals surface area contributed by atoms with Crippen LogP contribution in [0.2, 0.25) is 0 Å². The molecule has 0 fully saturated rings. The zero-order valence-electron chi connectivity index (χ0n) is 11.5. The van der Waals surface area contributed by atoms with Gasteiger partial charge in [0.05, 0.1) is 5.56 Å². The molecule has 2 aromatic rings. The van der Waals surface area contributed by atoms with Crippen LogP contribution in [0.4, 0.5) is 5.00 Å². The van der Waals surface area contributed by atoms with E-state index in [1.165, 1.54) is 16.9 Å². The van der Waals surface area contributed by atoms with Gasteiger partial charge in [0.15, 0.2) is 0 Å². The molecule has 0 aliphatic carbocycles. The van der Waals surface area contributed by atoms with Gasteiger partial charge in [0.25, 0.3) is 0 Å². The number of aryl methyl sites for hydroxylation is 1. The summed E-state index contributed by atoms with van der Waals surface area (Å²) in [7, 11) is 0. The lowest BCUT2D eigenvalue weighted by Gasteiger charge is -2.10. The minimum absolute atomic E-state index is 0.568. The van der Waals surface area contributed by atoms with E-state index < -0.39 is 0 Å². The van der Waals surface area contributed by atoms with Crippen LogP contribution in [-0.4, -0.2) is 0 Å². The van der Waals surface area contributed by atoms with Gasteiger partial charge in [-0.2, -0.15) is 5.26 Å². The molecule has 0 bridgehead atoms. The van der Waals surface area contributed by atoms with Crippen molar-refractivity contribution in [2.24, 2.45) is 0 Å². The van der Waals surface area contributed by atoms with Crippen LogP contribution in [0.1, 0.15) is 42.2 Å². The molecule has 0 radical (unpaired) electrons. The Morgan fingerprint density at radius 1 is 1.32 bits per heavy atom. The molecule has 1 unspecified atom stereocenters. The first kappa shape index (κ1) is 13.6. The molecule has 2 N–H and O–H groups in total. The zero-order chi connectivity index (χ0) is 14.0. The summed E-state index contributed by atoms with van der Waals surface area (Å²) in [5.74, 6) is 0.568. The van der Waals surface area contributed by atoms with Crippen LogP contribution < -0.4 is 5.73 Å². The minimum atomic E-state index is 0.568. The maximum atomic E-state index is 9.23. The van der Waals surface area contributed by atoms with E-state index in [-0.39, 0.29) is 0 Å². The third-order valence-electron chi connectivity index (χ3n) is 3.60. The Hall–Kier alpha value is -1.79. The second-order valence-corrected chi connectivity index (χ2v) is 6.07. The highest BCUT2D eigenvalue weighted by molar-refractivity contribution is 7.16. The Kier molecular flexibility index (Phi) is 3.92. The Morgan fingerprint density at radius 2 is 1.95 bits per heavy atom. The lowest BCUT2D eigenvalue weighted by atomic mass is 9.95. The Bertz CT molecular complexity index is 617. The molecule has 1 heterocycles. The van der Waals surface area contributed by atoms with Gasteiger partial charge in [-0.15, -0.1) is 11.3 Å². The van der Waals surface area contributed by atoms with E-state index in [9.17, 15) is 5.26 Å². The number of thiophene rings is 1. The first-order valence-electron chi connectivity index (χ1n) is 6.47. The molecule has 1 aromatic carbocycles. The SMILES string of the molecule is CCC(C)c1ccc(-c2c(C)sc(N)c2C#N)cc1. The molecule has 3 heteroatoms. The lowest BCUT2D eigenvalue weighted by Crippen LogP contribution is -1.91. The first-order valence-corrected chi connectivity index (χ1v) is 7.29. The van der Waals surface area contributed by atoms with Crippen LogP contribution in [0.5, 0.6) is 0 Å². The maximum Gasteiger partial charge on any atom is 0.105 e. The summed E-state index contributed by atoms with van der Waals surface area (Å²) >= 11 is 1.49. The van der Waals surface area contributed by atoms with E-state index in [1.54, 1.807) is 0 Å². The number of nitrogens with two attached hydrogens (primary N) is 1. The van der Waals surface area contributed by atoms with E-state index in [0.717, 1.165) is 22.4 Å². The fourth-order valence-electron chi connectivity index (χ4n) is 2.24. The summed E-state index contributed by atoms with van der Waals surface area (Å²) in [6.45, 7) is 6.43. The van der Waals surface area contributed by atoms with Crippen molar-refractivity contribution in [3.8, 4) is 17.2 Å². The molecule has 2 nitrogen and oxygen atoms in total. The third-order valence-corrected chi connectivity index (χ3v) is 4.54. The Labute approximate surface area is 118 Å². The van der Waals surface area contributed by atoms with E-state index in [4.69, 9.17) is 5.73 Å². The summed E-state index contributed by atoms with van der Waals surface area (Å²) in [6, 6.07) is 10.7. The number of nitriles is 1. The van der Waals surface area contributed by atoms with E-state index in [2.05, 4.69) is 44.2 Å². The van der Waals surface area contributed by atoms with Crippen molar-refractivity contribution in [1.29, 1.82) is 5.26 Å². The highest BCUT2D eigenvalue weighted by atomic mass is 32.1. The topological polar surface area (TPSA) is 49.8 Å². The Balaban J connectivity index is 2.46. The van der Waals surface area contributed by atoms with Crippen LogP contribution >= 0.6 is 11.3 Å². The van der Waals surface area contributed by atoms with Gasteiger partial charge in [-0.3, -0.25) is 0 Å². The van der Waals surface area contributed by atoms with Gasteiger partial charge >= 0.3 is 0 Å². The predicted molar refractivity (Wildman–Crippen MR) is 82.3 cm³/mol. The summed E-state index contributed by atoms with van der Waals surface area (Å²) in [6.07, 6.45) is 1.13. The van der Waals surface area contributed by atoms with Gasteiger partial charge < -0.3 is 5.73 Å². The van der Waals surface area contributed by atoms with E-state index in [0.29, 0.717) is 16.5 Å². The van der Waals surface area contributed by atoms with Crippen molar-refractivity contribution in [2.45, 2.75) is 33.1 Å². The standard InChI is InChI=1S/C16H18N2S/c1-4-10(2)12-5-7-13(8-6-12)15-11(3)19-16(18)14(15)9-17/h5-8,10H,4,18H2,1-3H3. The van der Waals surface area contributed by atoms with Crippen molar-refractivity contribution >= 4 is 16.3 Å². The molecule has 1 aromatic heterocycles. The lowest BCUT2D eigenvalue weighted by molar-refractivity contribution is 0.734. The molecule has 1 atom stereocenters. The van der Waals surface area contributed by atoms with E-state index in [1.807, 2.05) is 6.92 Å². The molecule has 0 aliphatic rings. The molecule has 2 rings (SSSR count). The maximum absolute atomic E-state index is 9.23. The largest absolute Gasteiger partial charge is 0.389 e. The molecule has 19 heavy (non-hydrogen) atoms. The summed E-state index contributed by atoms with van der Waals surface area (Å²) in [5.41, 5.74) is 9.90. The summed E-state index contributed by atoms with van der Waals surface area (Å²) < 4.78 is 0. The number of rotatable bonds is 3. The van der Waals surface area contributed by atoms with Gasteiger partial charge in [0.1, 0.15) is 11.1 Å². The van der Waals surface area contributed by atoms with Crippen molar-refractivity contribution in [3.63, 3.8) is 0 Å². The van der Waals surface area contributed by atoms with E-state index >= 15 is 0 Å². The molecule has 0 spiro atoms. The molecule has 0 saturated carbocycles. The first-order chi connectivity index (χ1) is 9.08. The quantitative estimate of drug-likeness (QED) is 0.879. The van der Waals surface area contributed by atoms with Crippen LogP contribution in [0, 0.1) is 18.3 Å². The summed E-state index contributed by atoms with van der Waals surface area (Å²) in [4.78, 5) is 1.10. The molecular weight excluding hydrogens is 252 g/mol. The highest BCUT2D eigenvalue weighted by Gasteiger charge is 2.15. The van der Waals surface area contributed by atoms with Gasteiger partial charge in [0, 0.05) is 10.4 Å². The third kappa shape index (κ3) is 2.50. The minimum Gasteiger partial charge on any atom is -0.389 e. The number of nitrogen functional groups attached to an aromatic ring is 1. The van der Waals surface area contributed by atoms with Crippen molar-refractivity contribution in [3.05, 3.63) is 40.3 Å². The molecule has 98 valence electrons. The average Bonchev–Trinajstić information content (AvgIpc) is 2.72. The van der Waals surface area contributed by atoms with Gasteiger partial charge in [-0.1, -0.05) is 38.1 Å². The smallest absolute Gasteiger partial charge is 0.105 e. The van der Waals surface area contributed by atoms with Crippen molar-refractivity contribution in [2.75, 3.05) is 5.73 Å². The fourth-order valence-corrected chi connectivity index (χ4v) is 3.14. The van der Waals surface area contributed by atoms with Crippen LogP contribution in [0.3, 0.4) is 0 Å². The highest BCUT2D eigenvalue weighted by Crippen LogP contribution is 2.37. The Morgan fingerprint density at radius 3 is 2.47 bits per heavy atom.